The van der Waals surface area contributed by atoms with Crippen molar-refractivity contribution in [1.29, 1.82) is 0 Å². The molecular formula is C31H30N2O4. The first-order valence-electron chi connectivity index (χ1n) is 12.8. The van der Waals surface area contributed by atoms with Crippen LogP contribution in [-0.2, 0) is 16.1 Å². The fourth-order valence-corrected chi connectivity index (χ4v) is 5.03. The molecule has 1 N–H and O–H groups in total. The average molecular weight is 495 g/mol. The van der Waals surface area contributed by atoms with Gasteiger partial charge >= 0.3 is 5.97 Å². The van der Waals surface area contributed by atoms with E-state index in [4.69, 9.17) is 9.52 Å². The Labute approximate surface area is 216 Å². The lowest BCUT2D eigenvalue weighted by Gasteiger charge is -2.30. The minimum atomic E-state index is -1.00. The van der Waals surface area contributed by atoms with E-state index >= 15 is 0 Å². The van der Waals surface area contributed by atoms with Crippen molar-refractivity contribution in [2.45, 2.75) is 45.6 Å². The average Bonchev–Trinajstić information content (AvgIpc) is 3.30. The molecule has 0 saturated heterocycles. The van der Waals surface area contributed by atoms with Crippen LogP contribution in [0, 0.1) is 12.8 Å². The van der Waals surface area contributed by atoms with Crippen molar-refractivity contribution in [3.8, 4) is 11.1 Å². The van der Waals surface area contributed by atoms with E-state index in [9.17, 15) is 9.59 Å². The molecule has 1 fully saturated rings. The molecule has 1 amide bonds. The number of benzene rings is 3. The highest BCUT2D eigenvalue weighted by Crippen LogP contribution is 2.30. The van der Waals surface area contributed by atoms with E-state index in [-0.39, 0.29) is 11.8 Å². The Morgan fingerprint density at radius 1 is 1.00 bits per heavy atom. The molecule has 6 nitrogen and oxygen atoms in total. The third-order valence-corrected chi connectivity index (χ3v) is 6.94. The fraction of sp³-hybridized carbons (Fsp3) is 0.258. The summed E-state index contributed by atoms with van der Waals surface area (Å²) in [5.41, 5.74) is 6.26. The van der Waals surface area contributed by atoms with E-state index in [1.165, 1.54) is 6.42 Å². The van der Waals surface area contributed by atoms with Crippen LogP contribution in [0.3, 0.4) is 0 Å². The molecule has 1 saturated carbocycles. The predicted molar refractivity (Wildman–Crippen MR) is 145 cm³/mol. The first-order valence-corrected chi connectivity index (χ1v) is 12.8. The van der Waals surface area contributed by atoms with Crippen LogP contribution in [0.15, 0.2) is 77.2 Å². The van der Waals surface area contributed by atoms with Crippen molar-refractivity contribution in [1.82, 2.24) is 4.98 Å². The van der Waals surface area contributed by atoms with Gasteiger partial charge in [0.15, 0.2) is 11.5 Å². The van der Waals surface area contributed by atoms with E-state index in [0.717, 1.165) is 70.8 Å². The molecule has 188 valence electrons. The molecule has 0 radical (unpaired) electrons. The van der Waals surface area contributed by atoms with Crippen molar-refractivity contribution in [2.24, 2.45) is 5.92 Å². The topological polar surface area (TPSA) is 83.6 Å². The maximum absolute atomic E-state index is 13.7. The molecule has 0 unspecified atom stereocenters. The minimum absolute atomic E-state index is 0.0170. The lowest BCUT2D eigenvalue weighted by Crippen LogP contribution is -2.36. The summed E-state index contributed by atoms with van der Waals surface area (Å²) >= 11 is 0. The Balaban J connectivity index is 1.42. The Morgan fingerprint density at radius 2 is 1.76 bits per heavy atom. The summed E-state index contributed by atoms with van der Waals surface area (Å²) in [6.45, 7) is 2.29. The first-order chi connectivity index (χ1) is 18.0. The minimum Gasteiger partial charge on any atom is -0.478 e. The van der Waals surface area contributed by atoms with E-state index in [1.807, 2.05) is 54.3 Å². The zero-order valence-electron chi connectivity index (χ0n) is 20.9. The molecule has 4 aromatic rings. The first kappa shape index (κ1) is 24.5. The van der Waals surface area contributed by atoms with Crippen LogP contribution in [0.2, 0.25) is 0 Å². The Kier molecular flexibility index (Phi) is 7.17. The van der Waals surface area contributed by atoms with Crippen LogP contribution < -0.4 is 4.90 Å². The van der Waals surface area contributed by atoms with Gasteiger partial charge in [0.25, 0.3) is 0 Å². The number of aryl methyl sites for hydroxylation is 1. The summed E-state index contributed by atoms with van der Waals surface area (Å²) in [6.07, 6.45) is 7.83. The van der Waals surface area contributed by atoms with Gasteiger partial charge < -0.3 is 14.4 Å². The number of carbonyl (C=O) groups excluding carboxylic acids is 1. The van der Waals surface area contributed by atoms with Gasteiger partial charge in [-0.25, -0.2) is 9.78 Å². The number of nitrogens with zero attached hydrogens (tertiary/aromatic N) is 2. The van der Waals surface area contributed by atoms with Crippen LogP contribution >= 0.6 is 0 Å². The Morgan fingerprint density at radius 3 is 2.51 bits per heavy atom. The van der Waals surface area contributed by atoms with E-state index in [1.54, 1.807) is 6.08 Å². The van der Waals surface area contributed by atoms with Crippen LogP contribution in [0.1, 0.15) is 49.1 Å². The zero-order chi connectivity index (χ0) is 25.8. The number of fused-ring (bicyclic) bond motifs is 1. The quantitative estimate of drug-likeness (QED) is 0.279. The van der Waals surface area contributed by atoms with Crippen LogP contribution in [0.25, 0.3) is 28.3 Å². The summed E-state index contributed by atoms with van der Waals surface area (Å²) < 4.78 is 5.69. The Hall–Kier alpha value is -4.19. The van der Waals surface area contributed by atoms with Gasteiger partial charge in [0.2, 0.25) is 5.91 Å². The molecular weight excluding hydrogens is 464 g/mol. The largest absolute Gasteiger partial charge is 0.478 e. The molecule has 1 aliphatic carbocycles. The van der Waals surface area contributed by atoms with Crippen molar-refractivity contribution in [3.63, 3.8) is 0 Å². The van der Waals surface area contributed by atoms with Crippen molar-refractivity contribution in [3.05, 3.63) is 89.8 Å². The third kappa shape index (κ3) is 5.80. The molecule has 1 heterocycles. The fourth-order valence-electron chi connectivity index (χ4n) is 5.03. The highest BCUT2D eigenvalue weighted by molar-refractivity contribution is 5.95. The third-order valence-electron chi connectivity index (χ3n) is 6.94. The normalized spacial score (nSPS) is 14.3. The molecule has 5 rings (SSSR count). The van der Waals surface area contributed by atoms with Gasteiger partial charge in [-0.2, -0.15) is 0 Å². The molecule has 0 spiro atoms. The predicted octanol–water partition coefficient (Wildman–Crippen LogP) is 7.01. The number of aliphatic carboxylic acids is 1. The van der Waals surface area contributed by atoms with Crippen molar-refractivity contribution >= 4 is 34.7 Å². The zero-order valence-corrected chi connectivity index (χ0v) is 20.9. The van der Waals surface area contributed by atoms with Crippen LogP contribution in [0.5, 0.6) is 0 Å². The number of rotatable bonds is 7. The molecule has 0 bridgehead atoms. The summed E-state index contributed by atoms with van der Waals surface area (Å²) in [4.78, 5) is 30.9. The SMILES string of the molecule is Cc1nc2ccc(-c3ccc(CN(C(=O)C4CCCCC4)c4cccc(/C=C/C(=O)O)c4)cc3)cc2o1. The van der Waals surface area contributed by atoms with Gasteiger partial charge in [0, 0.05) is 24.6 Å². The number of oxazole rings is 1. The van der Waals surface area contributed by atoms with Gasteiger partial charge in [0.05, 0.1) is 6.54 Å². The van der Waals surface area contributed by atoms with Gasteiger partial charge in [-0.1, -0.05) is 61.7 Å². The van der Waals surface area contributed by atoms with Gasteiger partial charge in [-0.3, -0.25) is 4.79 Å². The molecule has 1 aliphatic rings. The van der Waals surface area contributed by atoms with Crippen molar-refractivity contribution < 1.29 is 19.1 Å². The molecule has 1 aromatic heterocycles. The second kappa shape index (κ2) is 10.8. The number of anilines is 1. The number of aromatic nitrogens is 1. The maximum atomic E-state index is 13.7. The van der Waals surface area contributed by atoms with Crippen LogP contribution in [0.4, 0.5) is 5.69 Å². The second-order valence-corrected chi connectivity index (χ2v) is 9.64. The van der Waals surface area contributed by atoms with Crippen LogP contribution in [-0.4, -0.2) is 22.0 Å². The lowest BCUT2D eigenvalue weighted by atomic mass is 9.88. The smallest absolute Gasteiger partial charge is 0.328 e. The summed E-state index contributed by atoms with van der Waals surface area (Å²) in [5.74, 6) is -0.205. The maximum Gasteiger partial charge on any atom is 0.328 e. The highest BCUT2D eigenvalue weighted by atomic mass is 16.4. The molecule has 0 atom stereocenters. The molecule has 0 aliphatic heterocycles. The molecule has 37 heavy (non-hydrogen) atoms. The number of amides is 1. The standard InChI is InChI=1S/C31H30N2O4/c1-21-32-28-16-15-26(19-29(28)37-21)24-13-10-23(11-14-24)20-33(31(36)25-7-3-2-4-8-25)27-9-5-6-22(18-27)12-17-30(34)35/h5-6,9-19,25H,2-4,7-8,20H2,1H3,(H,34,35)/b17-12+. The number of hydrogen-bond donors (Lipinski definition) is 1. The molecule has 6 heteroatoms. The van der Waals surface area contributed by atoms with E-state index < -0.39 is 5.97 Å². The van der Waals surface area contributed by atoms with Crippen molar-refractivity contribution in [2.75, 3.05) is 4.90 Å². The van der Waals surface area contributed by atoms with E-state index in [2.05, 4.69) is 29.2 Å². The number of hydrogen-bond acceptors (Lipinski definition) is 4. The van der Waals surface area contributed by atoms with Gasteiger partial charge in [-0.05, 0) is 65.4 Å². The highest BCUT2D eigenvalue weighted by Gasteiger charge is 2.27. The number of carboxylic acid groups (broad SMARTS) is 1. The number of carboxylic acids is 1. The number of carbonyl (C=O) groups is 2. The summed E-state index contributed by atoms with van der Waals surface area (Å²) in [7, 11) is 0. The second-order valence-electron chi connectivity index (χ2n) is 9.64. The van der Waals surface area contributed by atoms with E-state index in [0.29, 0.717) is 12.4 Å². The summed E-state index contributed by atoms with van der Waals surface area (Å²) in [6, 6.07) is 21.7. The lowest BCUT2D eigenvalue weighted by molar-refractivity contribution is -0.131. The van der Waals surface area contributed by atoms with Gasteiger partial charge in [0.1, 0.15) is 5.52 Å². The summed E-state index contributed by atoms with van der Waals surface area (Å²) in [5, 5.41) is 9.00. The van der Waals surface area contributed by atoms with Gasteiger partial charge in [-0.15, -0.1) is 0 Å². The Bertz CT molecular complexity index is 1450. The molecule has 3 aromatic carbocycles. The monoisotopic (exact) mass is 494 g/mol.